The van der Waals surface area contributed by atoms with Crippen LogP contribution in [0.3, 0.4) is 0 Å². The topological polar surface area (TPSA) is 13.1 Å². The zero-order chi connectivity index (χ0) is 50.8. The SMILES string of the molecule is c1ccc(-c2cc(-c3ccccc3)cc(-c3c4ccccc4c(-c4ccc5c(c4)oc4c(-c6c7ccccc7c(-c7cc(-c8ccccc8)cc(-c8ccccc8)c7)c7ccccc67)cccc45)c4ccccc34)c2)cc1. The lowest BCUT2D eigenvalue weighted by atomic mass is 9.84. The van der Waals surface area contributed by atoms with Crippen molar-refractivity contribution in [3.8, 4) is 89.0 Å². The highest BCUT2D eigenvalue weighted by molar-refractivity contribution is 6.26. The Hall–Kier alpha value is -10.1. The molecule has 0 bridgehead atoms. The maximum Gasteiger partial charge on any atom is 0.143 e. The lowest BCUT2D eigenvalue weighted by Gasteiger charge is -2.19. The summed E-state index contributed by atoms with van der Waals surface area (Å²) in [5.74, 6) is 0. The van der Waals surface area contributed by atoms with Crippen LogP contribution in [-0.4, -0.2) is 0 Å². The molecule has 14 aromatic carbocycles. The molecule has 0 unspecified atom stereocenters. The first-order chi connectivity index (χ1) is 38.2. The molecule has 77 heavy (non-hydrogen) atoms. The molecule has 0 radical (unpaired) electrons. The van der Waals surface area contributed by atoms with E-state index in [9.17, 15) is 0 Å². The molecule has 0 atom stereocenters. The summed E-state index contributed by atoms with van der Waals surface area (Å²) in [4.78, 5) is 0. The Balaban J connectivity index is 0.920. The van der Waals surface area contributed by atoms with Crippen molar-refractivity contribution in [2.24, 2.45) is 0 Å². The lowest BCUT2D eigenvalue weighted by Crippen LogP contribution is -1.92. The Bertz CT molecular complexity index is 4530. The van der Waals surface area contributed by atoms with E-state index < -0.39 is 0 Å². The molecule has 1 nitrogen and oxygen atoms in total. The molecule has 15 rings (SSSR count). The van der Waals surface area contributed by atoms with Gasteiger partial charge in [0, 0.05) is 21.9 Å². The van der Waals surface area contributed by atoms with E-state index in [1.165, 1.54) is 121 Å². The minimum atomic E-state index is 0.863. The van der Waals surface area contributed by atoms with Crippen LogP contribution in [0.5, 0.6) is 0 Å². The monoisotopic (exact) mass is 976 g/mol. The van der Waals surface area contributed by atoms with Crippen LogP contribution in [0.25, 0.3) is 154 Å². The molecule has 0 saturated carbocycles. The van der Waals surface area contributed by atoms with Crippen molar-refractivity contribution in [1.82, 2.24) is 0 Å². The van der Waals surface area contributed by atoms with Crippen molar-refractivity contribution in [2.45, 2.75) is 0 Å². The Morgan fingerprint density at radius 3 is 0.831 bits per heavy atom. The fourth-order valence-corrected chi connectivity index (χ4v) is 12.4. The van der Waals surface area contributed by atoms with Crippen molar-refractivity contribution in [2.75, 3.05) is 0 Å². The second-order valence-corrected chi connectivity index (χ2v) is 20.2. The van der Waals surface area contributed by atoms with Crippen LogP contribution in [0, 0.1) is 0 Å². The van der Waals surface area contributed by atoms with Crippen molar-refractivity contribution in [3.63, 3.8) is 0 Å². The third-order valence-corrected chi connectivity index (χ3v) is 15.8. The van der Waals surface area contributed by atoms with Gasteiger partial charge in [0.1, 0.15) is 11.2 Å². The highest BCUT2D eigenvalue weighted by atomic mass is 16.3. The molecule has 0 aliphatic heterocycles. The van der Waals surface area contributed by atoms with Crippen LogP contribution in [-0.2, 0) is 0 Å². The summed E-state index contributed by atoms with van der Waals surface area (Å²) >= 11 is 0. The van der Waals surface area contributed by atoms with E-state index in [1.807, 2.05) is 0 Å². The van der Waals surface area contributed by atoms with Crippen LogP contribution in [0.1, 0.15) is 0 Å². The number of fused-ring (bicyclic) bond motifs is 7. The van der Waals surface area contributed by atoms with Gasteiger partial charge in [0.25, 0.3) is 0 Å². The Labute approximate surface area is 447 Å². The Morgan fingerprint density at radius 2 is 0.468 bits per heavy atom. The second kappa shape index (κ2) is 18.4. The van der Waals surface area contributed by atoms with Gasteiger partial charge in [-0.15, -0.1) is 0 Å². The van der Waals surface area contributed by atoms with E-state index in [2.05, 4.69) is 291 Å². The van der Waals surface area contributed by atoms with E-state index in [4.69, 9.17) is 4.42 Å². The van der Waals surface area contributed by atoms with Gasteiger partial charge in [-0.1, -0.05) is 243 Å². The standard InChI is InChI=1S/C76H48O/c1-5-22-49(23-6-1)54-42-55(50-24-7-2-8-25-50)45-58(44-54)73-63-32-15-13-30-61(63)72(62-31-14-16-33-64(62)73)53-40-41-60-69-38-21-39-70(76(69)77-71(60)48-53)75-67-36-19-17-34-65(67)74(66-35-18-20-37-68(66)75)59-46-56(51-26-9-3-10-27-51)43-57(47-59)52-28-11-4-12-29-52/h1-48H. The summed E-state index contributed by atoms with van der Waals surface area (Å²) < 4.78 is 7.27. The third-order valence-electron chi connectivity index (χ3n) is 15.8. The number of hydrogen-bond donors (Lipinski definition) is 0. The quantitative estimate of drug-likeness (QED) is 0.138. The van der Waals surface area contributed by atoms with Crippen molar-refractivity contribution in [3.05, 3.63) is 291 Å². The van der Waals surface area contributed by atoms with Crippen LogP contribution in [0.4, 0.5) is 0 Å². The fraction of sp³-hybridized carbons (Fsp3) is 0. The van der Waals surface area contributed by atoms with Crippen LogP contribution in [0.15, 0.2) is 296 Å². The van der Waals surface area contributed by atoms with Gasteiger partial charge < -0.3 is 4.42 Å². The number of furan rings is 1. The first-order valence-corrected chi connectivity index (χ1v) is 26.6. The number of rotatable bonds is 8. The van der Waals surface area contributed by atoms with Gasteiger partial charge in [-0.3, -0.25) is 0 Å². The highest BCUT2D eigenvalue weighted by Crippen LogP contribution is 2.50. The summed E-state index contributed by atoms with van der Waals surface area (Å²) in [6.07, 6.45) is 0. The molecule has 0 aliphatic rings. The molecule has 358 valence electrons. The summed E-state index contributed by atoms with van der Waals surface area (Å²) in [5, 5.41) is 11.8. The highest BCUT2D eigenvalue weighted by Gasteiger charge is 2.23. The molecule has 0 aliphatic carbocycles. The molecule has 0 spiro atoms. The van der Waals surface area contributed by atoms with Gasteiger partial charge in [0.2, 0.25) is 0 Å². The fourth-order valence-electron chi connectivity index (χ4n) is 12.4. The van der Waals surface area contributed by atoms with E-state index in [1.54, 1.807) is 0 Å². The molecule has 0 saturated heterocycles. The van der Waals surface area contributed by atoms with Gasteiger partial charge in [-0.05, 0) is 170 Å². The lowest BCUT2D eigenvalue weighted by molar-refractivity contribution is 0.670. The van der Waals surface area contributed by atoms with E-state index in [-0.39, 0.29) is 0 Å². The first kappa shape index (κ1) is 44.4. The molecule has 15 aromatic rings. The average molecular weight is 977 g/mol. The molecule has 1 aromatic heterocycles. The smallest absolute Gasteiger partial charge is 0.143 e. The predicted octanol–water partition coefficient (Wildman–Crippen LogP) is 21.5. The number of hydrogen-bond acceptors (Lipinski definition) is 1. The molecule has 1 heterocycles. The molecule has 0 amide bonds. The summed E-state index contributed by atoms with van der Waals surface area (Å²) in [6, 6.07) is 106. The second-order valence-electron chi connectivity index (χ2n) is 20.2. The van der Waals surface area contributed by atoms with Crippen LogP contribution in [0.2, 0.25) is 0 Å². The molecular formula is C76H48O. The zero-order valence-electron chi connectivity index (χ0n) is 42.1. The predicted molar refractivity (Wildman–Crippen MR) is 327 cm³/mol. The number of benzene rings is 14. The van der Waals surface area contributed by atoms with Crippen molar-refractivity contribution >= 4 is 65.0 Å². The van der Waals surface area contributed by atoms with Crippen LogP contribution >= 0.6 is 0 Å². The normalized spacial score (nSPS) is 11.6. The number of para-hydroxylation sites is 1. The van der Waals surface area contributed by atoms with Gasteiger partial charge in [-0.2, -0.15) is 0 Å². The van der Waals surface area contributed by atoms with Crippen molar-refractivity contribution in [1.29, 1.82) is 0 Å². The molecular weight excluding hydrogens is 929 g/mol. The van der Waals surface area contributed by atoms with E-state index in [0.29, 0.717) is 0 Å². The van der Waals surface area contributed by atoms with Gasteiger partial charge >= 0.3 is 0 Å². The van der Waals surface area contributed by atoms with Crippen LogP contribution < -0.4 is 0 Å². The maximum atomic E-state index is 7.27. The van der Waals surface area contributed by atoms with E-state index in [0.717, 1.165) is 33.1 Å². The van der Waals surface area contributed by atoms with Crippen molar-refractivity contribution < 1.29 is 4.42 Å². The molecule has 0 N–H and O–H groups in total. The summed E-state index contributed by atoms with van der Waals surface area (Å²) in [6.45, 7) is 0. The third kappa shape index (κ3) is 7.55. The minimum Gasteiger partial charge on any atom is -0.455 e. The molecule has 1 heteroatoms. The zero-order valence-corrected chi connectivity index (χ0v) is 42.1. The average Bonchev–Trinajstić information content (AvgIpc) is 3.96. The molecule has 0 fully saturated rings. The Morgan fingerprint density at radius 1 is 0.169 bits per heavy atom. The largest absolute Gasteiger partial charge is 0.455 e. The van der Waals surface area contributed by atoms with Gasteiger partial charge in [-0.25, -0.2) is 0 Å². The summed E-state index contributed by atoms with van der Waals surface area (Å²) in [5.41, 5.74) is 20.7. The Kier molecular flexibility index (Phi) is 10.6. The maximum absolute atomic E-state index is 7.27. The summed E-state index contributed by atoms with van der Waals surface area (Å²) in [7, 11) is 0. The first-order valence-electron chi connectivity index (χ1n) is 26.6. The minimum absolute atomic E-state index is 0.863. The van der Waals surface area contributed by atoms with Gasteiger partial charge in [0.05, 0.1) is 0 Å². The van der Waals surface area contributed by atoms with E-state index >= 15 is 0 Å². The van der Waals surface area contributed by atoms with Gasteiger partial charge in [0.15, 0.2) is 0 Å².